The number of carboxylic acids is 1. The van der Waals surface area contributed by atoms with Crippen molar-refractivity contribution in [1.82, 2.24) is 4.98 Å². The van der Waals surface area contributed by atoms with Gasteiger partial charge < -0.3 is 15.2 Å². The number of methoxy groups -OCH3 is 1. The number of rotatable bonds is 4. The molecule has 0 saturated carbocycles. The number of carboxylic acid groups (broad SMARTS) is 1. The predicted octanol–water partition coefficient (Wildman–Crippen LogP) is 2.69. The molecule has 0 atom stereocenters. The number of nitrogens with one attached hydrogen (secondary N) is 1. The van der Waals surface area contributed by atoms with Crippen molar-refractivity contribution in [1.29, 1.82) is 0 Å². The fraction of sp³-hybridized carbons (Fsp3) is 0.0714. The molecule has 0 aliphatic carbocycles. The molecule has 1 aromatic heterocycles. The van der Waals surface area contributed by atoms with E-state index in [1.165, 1.54) is 19.2 Å². The summed E-state index contributed by atoms with van der Waals surface area (Å²) in [6.45, 7) is 0. The lowest BCUT2D eigenvalue weighted by Gasteiger charge is -2.07. The van der Waals surface area contributed by atoms with Gasteiger partial charge in [-0.2, -0.15) is 0 Å². The molecule has 1 amide bonds. The molecule has 21 heavy (non-hydrogen) atoms. The number of benzene rings is 1. The summed E-state index contributed by atoms with van der Waals surface area (Å²) in [4.78, 5) is 26.5. The summed E-state index contributed by atoms with van der Waals surface area (Å²) in [6, 6.07) is 7.45. The molecule has 2 rings (SSSR count). The molecule has 0 bridgehead atoms. The lowest BCUT2D eigenvalue weighted by molar-refractivity contribution is 0.0696. The number of amides is 1. The van der Waals surface area contributed by atoms with Crippen molar-refractivity contribution in [3.63, 3.8) is 0 Å². The van der Waals surface area contributed by atoms with Crippen molar-refractivity contribution in [2.45, 2.75) is 0 Å². The highest BCUT2D eigenvalue weighted by molar-refractivity contribution is 6.32. The average Bonchev–Trinajstić information content (AvgIpc) is 2.47. The van der Waals surface area contributed by atoms with Crippen LogP contribution in [0.15, 0.2) is 36.5 Å². The van der Waals surface area contributed by atoms with Crippen LogP contribution in [0.5, 0.6) is 5.75 Å². The quantitative estimate of drug-likeness (QED) is 0.906. The third kappa shape index (κ3) is 3.49. The molecule has 0 spiro atoms. The molecule has 7 heteroatoms. The first-order chi connectivity index (χ1) is 10.0. The summed E-state index contributed by atoms with van der Waals surface area (Å²) in [5.41, 5.74) is 0.598. The highest BCUT2D eigenvalue weighted by atomic mass is 35.5. The number of hydrogen-bond acceptors (Lipinski definition) is 4. The van der Waals surface area contributed by atoms with Gasteiger partial charge in [-0.1, -0.05) is 11.6 Å². The van der Waals surface area contributed by atoms with Crippen molar-refractivity contribution in [2.24, 2.45) is 0 Å². The molecule has 2 N–H and O–H groups in total. The zero-order valence-electron chi connectivity index (χ0n) is 11.0. The minimum absolute atomic E-state index is 0.0130. The van der Waals surface area contributed by atoms with Gasteiger partial charge in [-0.25, -0.2) is 4.79 Å². The molecule has 1 aromatic carbocycles. The molecule has 0 saturated heterocycles. The van der Waals surface area contributed by atoms with Crippen LogP contribution in [0.2, 0.25) is 5.02 Å². The van der Waals surface area contributed by atoms with E-state index in [1.807, 2.05) is 0 Å². The van der Waals surface area contributed by atoms with Gasteiger partial charge in [0, 0.05) is 11.9 Å². The molecule has 6 nitrogen and oxygen atoms in total. The Hall–Kier alpha value is -2.60. The van der Waals surface area contributed by atoms with Crippen molar-refractivity contribution >= 4 is 29.2 Å². The summed E-state index contributed by atoms with van der Waals surface area (Å²) in [5.74, 6) is -1.07. The van der Waals surface area contributed by atoms with Gasteiger partial charge in [0.1, 0.15) is 11.4 Å². The van der Waals surface area contributed by atoms with Crippen LogP contribution < -0.4 is 10.1 Å². The summed E-state index contributed by atoms with van der Waals surface area (Å²) in [6.07, 6.45) is 1.12. The second kappa shape index (κ2) is 6.23. The molecule has 1 heterocycles. The van der Waals surface area contributed by atoms with Gasteiger partial charge in [0.2, 0.25) is 0 Å². The van der Waals surface area contributed by atoms with E-state index in [-0.39, 0.29) is 11.3 Å². The van der Waals surface area contributed by atoms with Gasteiger partial charge in [-0.15, -0.1) is 0 Å². The average molecular weight is 307 g/mol. The topological polar surface area (TPSA) is 88.5 Å². The zero-order chi connectivity index (χ0) is 15.4. The van der Waals surface area contributed by atoms with E-state index >= 15 is 0 Å². The van der Waals surface area contributed by atoms with Crippen LogP contribution in [0.4, 0.5) is 5.69 Å². The Bertz CT molecular complexity index is 686. The maximum Gasteiger partial charge on any atom is 0.337 e. The Morgan fingerprint density at radius 3 is 2.57 bits per heavy atom. The fourth-order valence-corrected chi connectivity index (χ4v) is 1.85. The Labute approximate surface area is 125 Å². The number of carbonyl (C=O) groups excluding carboxylic acids is 1. The molecule has 0 aliphatic heterocycles. The molecule has 108 valence electrons. The minimum Gasteiger partial charge on any atom is -0.495 e. The van der Waals surface area contributed by atoms with Gasteiger partial charge in [-0.05, 0) is 30.3 Å². The number of aromatic nitrogens is 1. The molecule has 2 aromatic rings. The van der Waals surface area contributed by atoms with Gasteiger partial charge in [0.15, 0.2) is 0 Å². The standard InChI is InChI=1S/C14H11ClN2O4/c1-21-12-5-3-9(6-10(12)15)17-13(18)11-4-2-8(7-16-11)14(19)20/h2-7H,1H3,(H,17,18)(H,19,20). The SMILES string of the molecule is COc1ccc(NC(=O)c2ccc(C(=O)O)cn2)cc1Cl. The number of hydrogen-bond donors (Lipinski definition) is 2. The monoisotopic (exact) mass is 306 g/mol. The van der Waals surface area contributed by atoms with Crippen molar-refractivity contribution in [2.75, 3.05) is 12.4 Å². The number of aromatic carboxylic acids is 1. The third-order valence-electron chi connectivity index (χ3n) is 2.65. The van der Waals surface area contributed by atoms with Gasteiger partial charge in [0.25, 0.3) is 5.91 Å². The number of pyridine rings is 1. The summed E-state index contributed by atoms with van der Waals surface area (Å²) < 4.78 is 5.01. The van der Waals surface area contributed by atoms with Crippen LogP contribution in [-0.2, 0) is 0 Å². The van der Waals surface area contributed by atoms with Crippen LogP contribution in [0.1, 0.15) is 20.8 Å². The van der Waals surface area contributed by atoms with Crippen molar-refractivity contribution < 1.29 is 19.4 Å². The molecular weight excluding hydrogens is 296 g/mol. The Morgan fingerprint density at radius 2 is 2.05 bits per heavy atom. The molecular formula is C14H11ClN2O4. The fourth-order valence-electron chi connectivity index (χ4n) is 1.59. The second-order valence-electron chi connectivity index (χ2n) is 4.04. The Morgan fingerprint density at radius 1 is 1.29 bits per heavy atom. The summed E-state index contributed by atoms with van der Waals surface area (Å²) in [5, 5.41) is 11.7. The van der Waals surface area contributed by atoms with Crippen molar-refractivity contribution in [3.05, 3.63) is 52.8 Å². The first-order valence-corrected chi connectivity index (χ1v) is 6.23. The largest absolute Gasteiger partial charge is 0.495 e. The number of anilines is 1. The highest BCUT2D eigenvalue weighted by Gasteiger charge is 2.11. The summed E-state index contributed by atoms with van der Waals surface area (Å²) in [7, 11) is 1.49. The normalized spacial score (nSPS) is 10.0. The van der Waals surface area contributed by atoms with Gasteiger partial charge in [-0.3, -0.25) is 9.78 Å². The molecule has 0 fully saturated rings. The van der Waals surface area contributed by atoms with E-state index < -0.39 is 11.9 Å². The second-order valence-corrected chi connectivity index (χ2v) is 4.45. The number of halogens is 1. The van der Waals surface area contributed by atoms with Gasteiger partial charge in [0.05, 0.1) is 17.7 Å². The Balaban J connectivity index is 2.14. The van der Waals surface area contributed by atoms with Crippen LogP contribution in [0, 0.1) is 0 Å². The maximum absolute atomic E-state index is 12.0. The number of carbonyl (C=O) groups is 2. The van der Waals surface area contributed by atoms with Gasteiger partial charge >= 0.3 is 5.97 Å². The number of nitrogens with zero attached hydrogens (tertiary/aromatic N) is 1. The minimum atomic E-state index is -1.10. The number of ether oxygens (including phenoxy) is 1. The van der Waals surface area contributed by atoms with Crippen LogP contribution in [0.3, 0.4) is 0 Å². The Kier molecular flexibility index (Phi) is 4.39. The van der Waals surface area contributed by atoms with E-state index in [2.05, 4.69) is 10.3 Å². The third-order valence-corrected chi connectivity index (χ3v) is 2.95. The van der Waals surface area contributed by atoms with E-state index in [9.17, 15) is 9.59 Å². The predicted molar refractivity (Wildman–Crippen MR) is 77.2 cm³/mol. The lowest BCUT2D eigenvalue weighted by Crippen LogP contribution is -2.14. The zero-order valence-corrected chi connectivity index (χ0v) is 11.7. The van der Waals surface area contributed by atoms with E-state index in [1.54, 1.807) is 18.2 Å². The molecule has 0 aliphatic rings. The lowest BCUT2D eigenvalue weighted by atomic mass is 10.2. The van der Waals surface area contributed by atoms with Crippen molar-refractivity contribution in [3.8, 4) is 5.75 Å². The van der Waals surface area contributed by atoms with Crippen LogP contribution in [0.25, 0.3) is 0 Å². The van der Waals surface area contributed by atoms with E-state index in [0.717, 1.165) is 6.20 Å². The highest BCUT2D eigenvalue weighted by Crippen LogP contribution is 2.27. The summed E-state index contributed by atoms with van der Waals surface area (Å²) >= 11 is 5.96. The maximum atomic E-state index is 12.0. The van der Waals surface area contributed by atoms with E-state index in [0.29, 0.717) is 16.5 Å². The molecule has 0 radical (unpaired) electrons. The first kappa shape index (κ1) is 14.8. The molecule has 0 unspecified atom stereocenters. The first-order valence-electron chi connectivity index (χ1n) is 5.85. The van der Waals surface area contributed by atoms with Crippen LogP contribution in [-0.4, -0.2) is 29.1 Å². The van der Waals surface area contributed by atoms with E-state index in [4.69, 9.17) is 21.4 Å². The van der Waals surface area contributed by atoms with Crippen LogP contribution >= 0.6 is 11.6 Å². The smallest absolute Gasteiger partial charge is 0.337 e.